The van der Waals surface area contributed by atoms with Gasteiger partial charge in [-0.2, -0.15) is 0 Å². The largest absolute Gasteiger partial charge is 0.493 e. The molecule has 23 heavy (non-hydrogen) atoms. The number of carbonyl (C=O) groups is 2. The summed E-state index contributed by atoms with van der Waals surface area (Å²) in [5, 5.41) is -0.225. The summed E-state index contributed by atoms with van der Waals surface area (Å²) in [6, 6.07) is 5.55. The minimum atomic E-state index is -0.396. The minimum Gasteiger partial charge on any atom is -0.493 e. The van der Waals surface area contributed by atoms with E-state index in [1.807, 2.05) is 25.1 Å². The molecule has 0 saturated carbocycles. The standard InChI is InChI=1S/C16H21NO5S/c1-4-21-13-8-11(6-7-12(13)20-3)16-17(14(18)10-23-16)9-15(19)22-5-2/h6-8,16H,4-5,9-10H2,1-3H3. The highest BCUT2D eigenvalue weighted by molar-refractivity contribution is 8.00. The van der Waals surface area contributed by atoms with E-state index >= 15 is 0 Å². The van der Waals surface area contributed by atoms with Gasteiger partial charge >= 0.3 is 5.97 Å². The summed E-state index contributed by atoms with van der Waals surface area (Å²) >= 11 is 1.48. The molecule has 0 radical (unpaired) electrons. The number of ether oxygens (including phenoxy) is 3. The normalized spacial score (nSPS) is 17.3. The third-order valence-electron chi connectivity index (χ3n) is 3.35. The van der Waals surface area contributed by atoms with Gasteiger partial charge < -0.3 is 19.1 Å². The van der Waals surface area contributed by atoms with E-state index in [4.69, 9.17) is 14.2 Å². The van der Waals surface area contributed by atoms with Crippen LogP contribution < -0.4 is 9.47 Å². The lowest BCUT2D eigenvalue weighted by atomic mass is 10.1. The maximum atomic E-state index is 12.1. The van der Waals surface area contributed by atoms with E-state index in [1.165, 1.54) is 11.8 Å². The molecular formula is C16H21NO5S. The molecule has 1 aliphatic heterocycles. The average molecular weight is 339 g/mol. The van der Waals surface area contributed by atoms with E-state index in [0.717, 1.165) is 5.56 Å². The summed E-state index contributed by atoms with van der Waals surface area (Å²) in [4.78, 5) is 25.3. The molecule has 1 heterocycles. The molecule has 2 rings (SSSR count). The number of amides is 1. The van der Waals surface area contributed by atoms with Gasteiger partial charge in [0, 0.05) is 0 Å². The van der Waals surface area contributed by atoms with Gasteiger partial charge in [0.15, 0.2) is 11.5 Å². The lowest BCUT2D eigenvalue weighted by Gasteiger charge is -2.24. The second-order valence-corrected chi connectivity index (χ2v) is 5.90. The maximum absolute atomic E-state index is 12.1. The molecule has 1 atom stereocenters. The lowest BCUT2D eigenvalue weighted by Crippen LogP contribution is -2.34. The molecule has 0 aromatic heterocycles. The molecule has 0 bridgehead atoms. The Balaban J connectivity index is 2.23. The highest BCUT2D eigenvalue weighted by Gasteiger charge is 2.34. The second kappa shape index (κ2) is 8.10. The zero-order chi connectivity index (χ0) is 16.8. The van der Waals surface area contributed by atoms with Crippen LogP contribution in [0.3, 0.4) is 0 Å². The molecule has 6 nitrogen and oxygen atoms in total. The van der Waals surface area contributed by atoms with Crippen LogP contribution in [0.5, 0.6) is 11.5 Å². The summed E-state index contributed by atoms with van der Waals surface area (Å²) in [5.74, 6) is 1.15. The maximum Gasteiger partial charge on any atom is 0.325 e. The molecule has 1 amide bonds. The number of thioether (sulfide) groups is 1. The number of hydrogen-bond donors (Lipinski definition) is 0. The van der Waals surface area contributed by atoms with Crippen LogP contribution in [-0.4, -0.2) is 49.4 Å². The third kappa shape index (κ3) is 4.10. The summed E-state index contributed by atoms with van der Waals surface area (Å²) < 4.78 is 15.8. The molecular weight excluding hydrogens is 318 g/mol. The number of rotatable bonds is 7. The summed E-state index contributed by atoms with van der Waals surface area (Å²) in [5.41, 5.74) is 0.898. The van der Waals surface area contributed by atoms with E-state index in [1.54, 1.807) is 18.9 Å². The Morgan fingerprint density at radius 1 is 1.30 bits per heavy atom. The molecule has 0 N–H and O–H groups in total. The zero-order valence-corrected chi connectivity index (χ0v) is 14.4. The van der Waals surface area contributed by atoms with Gasteiger partial charge in [-0.15, -0.1) is 11.8 Å². The van der Waals surface area contributed by atoms with Crippen molar-refractivity contribution < 1.29 is 23.8 Å². The predicted molar refractivity (Wildman–Crippen MR) is 87.7 cm³/mol. The molecule has 1 aromatic rings. The van der Waals surface area contributed by atoms with E-state index in [-0.39, 0.29) is 17.8 Å². The van der Waals surface area contributed by atoms with Crippen LogP contribution in [0.15, 0.2) is 18.2 Å². The number of hydrogen-bond acceptors (Lipinski definition) is 6. The lowest BCUT2D eigenvalue weighted by molar-refractivity contribution is -0.148. The fraction of sp³-hybridized carbons (Fsp3) is 0.500. The Kier molecular flexibility index (Phi) is 6.15. The van der Waals surface area contributed by atoms with Crippen molar-refractivity contribution >= 4 is 23.6 Å². The van der Waals surface area contributed by atoms with Crippen molar-refractivity contribution in [3.63, 3.8) is 0 Å². The van der Waals surface area contributed by atoms with Crippen LogP contribution in [0.2, 0.25) is 0 Å². The first-order valence-electron chi connectivity index (χ1n) is 7.48. The van der Waals surface area contributed by atoms with Crippen LogP contribution in [0, 0.1) is 0 Å². The van der Waals surface area contributed by atoms with Gasteiger partial charge in [0.05, 0.1) is 26.1 Å². The molecule has 1 aromatic carbocycles. The Morgan fingerprint density at radius 2 is 2.09 bits per heavy atom. The molecule has 1 unspecified atom stereocenters. The summed E-state index contributed by atoms with van der Waals surface area (Å²) in [6.07, 6.45) is 0. The average Bonchev–Trinajstić information content (AvgIpc) is 2.89. The van der Waals surface area contributed by atoms with Crippen LogP contribution in [-0.2, 0) is 14.3 Å². The Morgan fingerprint density at radius 3 is 2.74 bits per heavy atom. The van der Waals surface area contributed by atoms with Gasteiger partial charge in [-0.3, -0.25) is 9.59 Å². The molecule has 1 aliphatic rings. The zero-order valence-electron chi connectivity index (χ0n) is 13.5. The quantitative estimate of drug-likeness (QED) is 0.710. The fourth-order valence-electron chi connectivity index (χ4n) is 2.36. The summed E-state index contributed by atoms with van der Waals surface area (Å²) in [6.45, 7) is 4.42. The van der Waals surface area contributed by atoms with Crippen molar-refractivity contribution in [3.05, 3.63) is 23.8 Å². The smallest absolute Gasteiger partial charge is 0.325 e. The van der Waals surface area contributed by atoms with Crippen molar-refractivity contribution in [2.75, 3.05) is 32.6 Å². The Bertz CT molecular complexity index is 578. The summed E-state index contributed by atoms with van der Waals surface area (Å²) in [7, 11) is 1.58. The predicted octanol–water partition coefficient (Wildman–Crippen LogP) is 2.23. The van der Waals surface area contributed by atoms with Crippen LogP contribution in [0.1, 0.15) is 24.8 Å². The Labute approximate surface area is 140 Å². The number of methoxy groups -OCH3 is 1. The number of nitrogens with zero attached hydrogens (tertiary/aromatic N) is 1. The highest BCUT2D eigenvalue weighted by Crippen LogP contribution is 2.41. The third-order valence-corrected chi connectivity index (χ3v) is 4.60. The Hall–Kier alpha value is -1.89. The second-order valence-electron chi connectivity index (χ2n) is 4.83. The minimum absolute atomic E-state index is 0.0413. The molecule has 126 valence electrons. The van der Waals surface area contributed by atoms with E-state index < -0.39 is 5.97 Å². The monoisotopic (exact) mass is 339 g/mol. The van der Waals surface area contributed by atoms with Crippen molar-refractivity contribution in [3.8, 4) is 11.5 Å². The van der Waals surface area contributed by atoms with Crippen LogP contribution >= 0.6 is 11.8 Å². The van der Waals surface area contributed by atoms with Crippen molar-refractivity contribution in [1.82, 2.24) is 4.90 Å². The number of esters is 1. The SMILES string of the molecule is CCOC(=O)CN1C(=O)CSC1c1ccc(OC)c(OCC)c1. The number of carbonyl (C=O) groups excluding carboxylic acids is 2. The first-order valence-corrected chi connectivity index (χ1v) is 8.53. The van der Waals surface area contributed by atoms with Crippen molar-refractivity contribution in [2.24, 2.45) is 0 Å². The highest BCUT2D eigenvalue weighted by atomic mass is 32.2. The van der Waals surface area contributed by atoms with Gasteiger partial charge in [0.2, 0.25) is 5.91 Å². The van der Waals surface area contributed by atoms with Gasteiger partial charge in [0.1, 0.15) is 11.9 Å². The van der Waals surface area contributed by atoms with E-state index in [2.05, 4.69) is 0 Å². The van der Waals surface area contributed by atoms with E-state index in [0.29, 0.717) is 30.5 Å². The van der Waals surface area contributed by atoms with Crippen molar-refractivity contribution in [2.45, 2.75) is 19.2 Å². The van der Waals surface area contributed by atoms with Crippen LogP contribution in [0.25, 0.3) is 0 Å². The topological polar surface area (TPSA) is 65.1 Å². The first-order chi connectivity index (χ1) is 11.1. The molecule has 1 fully saturated rings. The van der Waals surface area contributed by atoms with Gasteiger partial charge in [-0.05, 0) is 31.5 Å². The first kappa shape index (κ1) is 17.5. The molecule has 7 heteroatoms. The number of benzene rings is 1. The van der Waals surface area contributed by atoms with E-state index in [9.17, 15) is 9.59 Å². The molecule has 1 saturated heterocycles. The van der Waals surface area contributed by atoms with Gasteiger partial charge in [0.25, 0.3) is 0 Å². The molecule has 0 aliphatic carbocycles. The van der Waals surface area contributed by atoms with Crippen LogP contribution in [0.4, 0.5) is 0 Å². The molecule has 0 spiro atoms. The van der Waals surface area contributed by atoms with Crippen molar-refractivity contribution in [1.29, 1.82) is 0 Å². The van der Waals surface area contributed by atoms with Gasteiger partial charge in [-0.1, -0.05) is 6.07 Å². The van der Waals surface area contributed by atoms with Gasteiger partial charge in [-0.25, -0.2) is 0 Å². The fourth-order valence-corrected chi connectivity index (χ4v) is 3.54.